The summed E-state index contributed by atoms with van der Waals surface area (Å²) >= 11 is 0. The molecule has 6 heteroatoms. The van der Waals surface area contributed by atoms with Crippen LogP contribution in [0, 0.1) is 0 Å². The maximum absolute atomic E-state index is 12.1. The van der Waals surface area contributed by atoms with Crippen molar-refractivity contribution in [3.63, 3.8) is 0 Å². The number of benzene rings is 1. The van der Waals surface area contributed by atoms with Gasteiger partial charge in [-0.05, 0) is 19.1 Å². The van der Waals surface area contributed by atoms with Crippen molar-refractivity contribution < 1.29 is 9.53 Å². The number of para-hydroxylation sites is 1. The number of amides is 1. The van der Waals surface area contributed by atoms with Crippen LogP contribution in [-0.2, 0) is 4.74 Å². The average molecular weight is 258 g/mol. The van der Waals surface area contributed by atoms with E-state index in [4.69, 9.17) is 4.74 Å². The van der Waals surface area contributed by atoms with E-state index in [2.05, 4.69) is 15.2 Å². The molecule has 0 saturated carbocycles. The summed E-state index contributed by atoms with van der Waals surface area (Å²) in [5.74, 6) is -0.0390. The fourth-order valence-corrected chi connectivity index (χ4v) is 2.06. The van der Waals surface area contributed by atoms with Crippen molar-refractivity contribution >= 4 is 16.9 Å². The number of hydrogen-bond donors (Lipinski definition) is 0. The van der Waals surface area contributed by atoms with Gasteiger partial charge in [0.05, 0.1) is 11.6 Å². The van der Waals surface area contributed by atoms with Gasteiger partial charge in [0, 0.05) is 19.7 Å². The summed E-state index contributed by atoms with van der Waals surface area (Å²) in [6.45, 7) is 3.81. The Hall–Kier alpha value is -2.08. The zero-order chi connectivity index (χ0) is 13.2. The third kappa shape index (κ3) is 2.26. The van der Waals surface area contributed by atoms with Gasteiger partial charge in [0.15, 0.2) is 0 Å². The number of fused-ring (bicyclic) bond motifs is 1. The first-order chi connectivity index (χ1) is 9.28. The number of rotatable bonds is 3. The van der Waals surface area contributed by atoms with Crippen molar-refractivity contribution in [1.29, 1.82) is 0 Å². The standard InChI is InChI=1S/C13H14N4O2/c1-2-19-9-7-17(8-9)13(18)12-14-10-5-3-4-6-11(10)15-16-12/h3-6,9H,2,7-8H2,1H3. The summed E-state index contributed by atoms with van der Waals surface area (Å²) in [5, 5.41) is 7.89. The number of hydrogen-bond acceptors (Lipinski definition) is 5. The number of carbonyl (C=O) groups is 1. The molecule has 2 aromatic rings. The van der Waals surface area contributed by atoms with Gasteiger partial charge in [-0.3, -0.25) is 4.79 Å². The predicted octanol–water partition coefficient (Wildman–Crippen LogP) is 0.886. The minimum Gasteiger partial charge on any atom is -0.375 e. The van der Waals surface area contributed by atoms with Crippen LogP contribution in [0.25, 0.3) is 11.0 Å². The maximum Gasteiger partial charge on any atom is 0.293 e. The molecule has 0 bridgehead atoms. The lowest BCUT2D eigenvalue weighted by molar-refractivity contribution is -0.0382. The van der Waals surface area contributed by atoms with Crippen molar-refractivity contribution in [3.05, 3.63) is 30.1 Å². The Kier molecular flexibility index (Phi) is 3.08. The van der Waals surface area contributed by atoms with Gasteiger partial charge in [-0.2, -0.15) is 0 Å². The van der Waals surface area contributed by atoms with Crippen LogP contribution in [0.1, 0.15) is 17.5 Å². The third-order valence-corrected chi connectivity index (χ3v) is 3.09. The lowest BCUT2D eigenvalue weighted by atomic mass is 10.1. The Morgan fingerprint density at radius 3 is 2.79 bits per heavy atom. The molecule has 0 atom stereocenters. The Bertz CT molecular complexity index is 610. The minimum absolute atomic E-state index is 0.141. The van der Waals surface area contributed by atoms with Crippen LogP contribution in [0.4, 0.5) is 0 Å². The number of nitrogens with zero attached hydrogens (tertiary/aromatic N) is 4. The number of carbonyl (C=O) groups excluding carboxylic acids is 1. The highest BCUT2D eigenvalue weighted by atomic mass is 16.5. The molecular weight excluding hydrogens is 244 g/mol. The topological polar surface area (TPSA) is 68.2 Å². The molecule has 19 heavy (non-hydrogen) atoms. The predicted molar refractivity (Wildman–Crippen MR) is 68.7 cm³/mol. The number of aromatic nitrogens is 3. The largest absolute Gasteiger partial charge is 0.375 e. The van der Waals surface area contributed by atoms with Gasteiger partial charge in [-0.1, -0.05) is 12.1 Å². The van der Waals surface area contributed by atoms with Crippen LogP contribution in [0.15, 0.2) is 24.3 Å². The molecule has 0 spiro atoms. The van der Waals surface area contributed by atoms with Crippen molar-refractivity contribution in [2.24, 2.45) is 0 Å². The molecule has 0 radical (unpaired) electrons. The Balaban J connectivity index is 1.76. The van der Waals surface area contributed by atoms with E-state index in [1.54, 1.807) is 4.90 Å². The van der Waals surface area contributed by atoms with Crippen LogP contribution < -0.4 is 0 Å². The quantitative estimate of drug-likeness (QED) is 0.817. The van der Waals surface area contributed by atoms with Crippen LogP contribution in [0.5, 0.6) is 0 Å². The summed E-state index contributed by atoms with van der Waals surface area (Å²) < 4.78 is 5.41. The Morgan fingerprint density at radius 1 is 1.32 bits per heavy atom. The van der Waals surface area contributed by atoms with Gasteiger partial charge < -0.3 is 9.64 Å². The second-order valence-corrected chi connectivity index (χ2v) is 4.41. The van der Waals surface area contributed by atoms with E-state index in [0.29, 0.717) is 30.7 Å². The average Bonchev–Trinajstić information content (AvgIpc) is 2.41. The molecule has 0 unspecified atom stereocenters. The second kappa shape index (κ2) is 4.89. The molecule has 98 valence electrons. The van der Waals surface area contributed by atoms with E-state index in [1.807, 2.05) is 31.2 Å². The first kappa shape index (κ1) is 12.0. The summed E-state index contributed by atoms with van der Waals surface area (Å²) in [7, 11) is 0. The Morgan fingerprint density at radius 2 is 2.05 bits per heavy atom. The van der Waals surface area contributed by atoms with Crippen molar-refractivity contribution in [2.45, 2.75) is 13.0 Å². The van der Waals surface area contributed by atoms with Gasteiger partial charge >= 0.3 is 0 Å². The fraction of sp³-hybridized carbons (Fsp3) is 0.385. The smallest absolute Gasteiger partial charge is 0.293 e. The molecule has 3 rings (SSSR count). The Labute approximate surface area is 110 Å². The lowest BCUT2D eigenvalue weighted by Crippen LogP contribution is -2.55. The molecule has 1 aliphatic rings. The fourth-order valence-electron chi connectivity index (χ4n) is 2.06. The monoisotopic (exact) mass is 258 g/mol. The molecule has 1 aromatic heterocycles. The zero-order valence-electron chi connectivity index (χ0n) is 10.6. The normalized spacial score (nSPS) is 15.5. The van der Waals surface area contributed by atoms with Crippen molar-refractivity contribution in [3.8, 4) is 0 Å². The van der Waals surface area contributed by atoms with Gasteiger partial charge in [0.1, 0.15) is 5.52 Å². The van der Waals surface area contributed by atoms with E-state index >= 15 is 0 Å². The zero-order valence-corrected chi connectivity index (χ0v) is 10.6. The molecule has 1 fully saturated rings. The molecule has 1 aliphatic heterocycles. The molecule has 1 saturated heterocycles. The molecule has 1 amide bonds. The van der Waals surface area contributed by atoms with E-state index in [9.17, 15) is 4.79 Å². The van der Waals surface area contributed by atoms with Crippen LogP contribution in [0.2, 0.25) is 0 Å². The first-order valence-corrected chi connectivity index (χ1v) is 6.28. The van der Waals surface area contributed by atoms with Gasteiger partial charge in [0.2, 0.25) is 5.82 Å². The number of ether oxygens (including phenoxy) is 1. The highest BCUT2D eigenvalue weighted by Gasteiger charge is 2.33. The molecule has 1 aromatic carbocycles. The summed E-state index contributed by atoms with van der Waals surface area (Å²) in [5.41, 5.74) is 1.37. The van der Waals surface area contributed by atoms with Crippen LogP contribution >= 0.6 is 0 Å². The van der Waals surface area contributed by atoms with E-state index in [-0.39, 0.29) is 17.8 Å². The van der Waals surface area contributed by atoms with E-state index in [0.717, 1.165) is 0 Å². The van der Waals surface area contributed by atoms with Crippen molar-refractivity contribution in [2.75, 3.05) is 19.7 Å². The lowest BCUT2D eigenvalue weighted by Gasteiger charge is -2.38. The molecule has 0 aliphatic carbocycles. The molecule has 2 heterocycles. The summed E-state index contributed by atoms with van der Waals surface area (Å²) in [4.78, 5) is 18.0. The van der Waals surface area contributed by atoms with Crippen molar-refractivity contribution in [1.82, 2.24) is 20.1 Å². The van der Waals surface area contributed by atoms with E-state index in [1.165, 1.54) is 0 Å². The van der Waals surface area contributed by atoms with Gasteiger partial charge in [0.25, 0.3) is 5.91 Å². The highest BCUT2D eigenvalue weighted by molar-refractivity contribution is 5.92. The van der Waals surface area contributed by atoms with E-state index < -0.39 is 0 Å². The molecular formula is C13H14N4O2. The minimum atomic E-state index is -0.186. The number of likely N-dealkylation sites (tertiary alicyclic amines) is 1. The summed E-state index contributed by atoms with van der Waals surface area (Å²) in [6, 6.07) is 7.36. The van der Waals surface area contributed by atoms with Gasteiger partial charge in [-0.25, -0.2) is 4.98 Å². The third-order valence-electron chi connectivity index (χ3n) is 3.09. The SMILES string of the molecule is CCOC1CN(C(=O)c2nnc3ccccc3n2)C1. The van der Waals surface area contributed by atoms with Crippen LogP contribution in [-0.4, -0.2) is 51.8 Å². The van der Waals surface area contributed by atoms with Crippen LogP contribution in [0.3, 0.4) is 0 Å². The first-order valence-electron chi connectivity index (χ1n) is 6.28. The summed E-state index contributed by atoms with van der Waals surface area (Å²) in [6.07, 6.45) is 0.141. The second-order valence-electron chi connectivity index (χ2n) is 4.41. The highest BCUT2D eigenvalue weighted by Crippen LogP contribution is 2.15. The molecule has 0 N–H and O–H groups in total. The molecule has 6 nitrogen and oxygen atoms in total. The maximum atomic E-state index is 12.1. The van der Waals surface area contributed by atoms with Gasteiger partial charge in [-0.15, -0.1) is 10.2 Å².